The fourth-order valence-corrected chi connectivity index (χ4v) is 1.17. The molecule has 6 heteroatoms. The zero-order chi connectivity index (χ0) is 8.27. The second kappa shape index (κ2) is 3.38. The summed E-state index contributed by atoms with van der Waals surface area (Å²) in [6.07, 6.45) is 1.57. The van der Waals surface area contributed by atoms with Crippen LogP contribution in [0.2, 0.25) is 0 Å². The number of aromatic nitrogens is 3. The van der Waals surface area contributed by atoms with Crippen molar-refractivity contribution in [3.05, 3.63) is 6.33 Å². The highest BCUT2D eigenvalue weighted by Gasteiger charge is 2.02. The second-order valence-electron chi connectivity index (χ2n) is 1.98. The van der Waals surface area contributed by atoms with E-state index in [0.29, 0.717) is 5.16 Å². The molecule has 2 N–H and O–H groups in total. The van der Waals surface area contributed by atoms with Gasteiger partial charge in [0.15, 0.2) is 5.16 Å². The molecule has 1 heterocycles. The van der Waals surface area contributed by atoms with Gasteiger partial charge in [-0.2, -0.15) is 0 Å². The number of hydrogen-bond donors (Lipinski definition) is 1. The first-order chi connectivity index (χ1) is 5.20. The van der Waals surface area contributed by atoms with Crippen molar-refractivity contribution in [2.24, 2.45) is 12.8 Å². The van der Waals surface area contributed by atoms with Gasteiger partial charge in [-0.25, -0.2) is 0 Å². The van der Waals surface area contributed by atoms with E-state index in [0.717, 1.165) is 0 Å². The van der Waals surface area contributed by atoms with Crippen molar-refractivity contribution in [3.63, 3.8) is 0 Å². The van der Waals surface area contributed by atoms with E-state index in [-0.39, 0.29) is 11.7 Å². The van der Waals surface area contributed by atoms with E-state index < -0.39 is 0 Å². The van der Waals surface area contributed by atoms with Gasteiger partial charge in [-0.3, -0.25) is 4.79 Å². The quantitative estimate of drug-likeness (QED) is 0.617. The molecule has 0 saturated heterocycles. The number of rotatable bonds is 3. The Hall–Kier alpha value is -1.04. The van der Waals surface area contributed by atoms with Gasteiger partial charge < -0.3 is 10.3 Å². The van der Waals surface area contributed by atoms with Crippen LogP contribution in [0.15, 0.2) is 11.5 Å². The van der Waals surface area contributed by atoms with E-state index in [1.807, 2.05) is 7.05 Å². The van der Waals surface area contributed by atoms with Gasteiger partial charge in [0.2, 0.25) is 5.91 Å². The number of hydrogen-bond acceptors (Lipinski definition) is 4. The molecule has 1 rings (SSSR count). The summed E-state index contributed by atoms with van der Waals surface area (Å²) in [5.74, 6) is -0.106. The number of primary amides is 1. The SMILES string of the molecule is Cn1cnnc1SCC(N)=O. The molecule has 0 aliphatic rings. The van der Waals surface area contributed by atoms with Gasteiger partial charge >= 0.3 is 0 Å². The van der Waals surface area contributed by atoms with Gasteiger partial charge in [0.25, 0.3) is 0 Å². The molecule has 0 atom stereocenters. The summed E-state index contributed by atoms with van der Waals surface area (Å²) in [6, 6.07) is 0. The lowest BCUT2D eigenvalue weighted by Gasteiger charge is -1.95. The molecular formula is C5H8N4OS. The van der Waals surface area contributed by atoms with Gasteiger partial charge in [0, 0.05) is 7.05 Å². The van der Waals surface area contributed by atoms with Crippen molar-refractivity contribution >= 4 is 17.7 Å². The summed E-state index contributed by atoms with van der Waals surface area (Å²) in [4.78, 5) is 10.3. The van der Waals surface area contributed by atoms with Gasteiger partial charge in [-0.1, -0.05) is 11.8 Å². The van der Waals surface area contributed by atoms with Crippen molar-refractivity contribution in [1.82, 2.24) is 14.8 Å². The van der Waals surface area contributed by atoms with Gasteiger partial charge in [-0.15, -0.1) is 10.2 Å². The summed E-state index contributed by atoms with van der Waals surface area (Å²) < 4.78 is 1.73. The number of nitrogens with zero attached hydrogens (tertiary/aromatic N) is 3. The molecule has 0 aromatic carbocycles. The Kier molecular flexibility index (Phi) is 2.48. The zero-order valence-electron chi connectivity index (χ0n) is 6.02. The molecule has 1 aromatic rings. The van der Waals surface area contributed by atoms with Crippen LogP contribution >= 0.6 is 11.8 Å². The van der Waals surface area contributed by atoms with E-state index in [2.05, 4.69) is 10.2 Å². The first kappa shape index (κ1) is 8.06. The fourth-order valence-electron chi connectivity index (χ4n) is 0.539. The normalized spacial score (nSPS) is 9.91. The lowest BCUT2D eigenvalue weighted by molar-refractivity contribution is -0.115. The van der Waals surface area contributed by atoms with Crippen LogP contribution in [0.3, 0.4) is 0 Å². The number of carbonyl (C=O) groups excluding carboxylic acids is 1. The van der Waals surface area contributed by atoms with Crippen molar-refractivity contribution in [2.75, 3.05) is 5.75 Å². The summed E-state index contributed by atoms with van der Waals surface area (Å²) in [5, 5.41) is 8.09. The predicted molar refractivity (Wildman–Crippen MR) is 40.9 cm³/mol. The summed E-state index contributed by atoms with van der Waals surface area (Å²) in [5.41, 5.74) is 4.94. The Bertz CT molecular complexity index is 259. The Labute approximate surface area is 68.0 Å². The van der Waals surface area contributed by atoms with Crippen LogP contribution in [0.1, 0.15) is 0 Å². The van der Waals surface area contributed by atoms with Crippen molar-refractivity contribution in [1.29, 1.82) is 0 Å². The monoisotopic (exact) mass is 172 g/mol. The minimum atomic E-state index is -0.349. The number of aryl methyl sites for hydroxylation is 1. The van der Waals surface area contributed by atoms with Crippen LogP contribution in [0.4, 0.5) is 0 Å². The highest BCUT2D eigenvalue weighted by atomic mass is 32.2. The Morgan fingerprint density at radius 3 is 3.09 bits per heavy atom. The zero-order valence-corrected chi connectivity index (χ0v) is 6.84. The third kappa shape index (κ3) is 2.23. The minimum absolute atomic E-state index is 0.243. The molecular weight excluding hydrogens is 164 g/mol. The Morgan fingerprint density at radius 1 is 1.91 bits per heavy atom. The fraction of sp³-hybridized carbons (Fsp3) is 0.400. The van der Waals surface area contributed by atoms with Crippen molar-refractivity contribution in [3.8, 4) is 0 Å². The summed E-state index contributed by atoms with van der Waals surface area (Å²) in [6.45, 7) is 0. The van der Waals surface area contributed by atoms with Gasteiger partial charge in [0.1, 0.15) is 6.33 Å². The standard InChI is InChI=1S/C5H8N4OS/c1-9-3-7-8-5(9)11-2-4(6)10/h3H,2H2,1H3,(H2,6,10). The van der Waals surface area contributed by atoms with Crippen LogP contribution in [-0.2, 0) is 11.8 Å². The van der Waals surface area contributed by atoms with Crippen molar-refractivity contribution in [2.45, 2.75) is 5.16 Å². The average Bonchev–Trinajstić information content (AvgIpc) is 2.31. The number of amides is 1. The number of thioether (sulfide) groups is 1. The number of carbonyl (C=O) groups is 1. The highest BCUT2D eigenvalue weighted by Crippen LogP contribution is 2.11. The third-order valence-corrected chi connectivity index (χ3v) is 2.07. The topological polar surface area (TPSA) is 73.8 Å². The summed E-state index contributed by atoms with van der Waals surface area (Å²) in [7, 11) is 1.81. The molecule has 5 nitrogen and oxygen atoms in total. The molecule has 1 aromatic heterocycles. The lowest BCUT2D eigenvalue weighted by atomic mass is 10.8. The van der Waals surface area contributed by atoms with Crippen LogP contribution in [0.25, 0.3) is 0 Å². The molecule has 0 saturated carbocycles. The lowest BCUT2D eigenvalue weighted by Crippen LogP contribution is -2.13. The highest BCUT2D eigenvalue weighted by molar-refractivity contribution is 7.99. The molecule has 60 valence electrons. The van der Waals surface area contributed by atoms with Crippen LogP contribution in [0, 0.1) is 0 Å². The van der Waals surface area contributed by atoms with Crippen molar-refractivity contribution < 1.29 is 4.79 Å². The maximum Gasteiger partial charge on any atom is 0.227 e. The van der Waals surface area contributed by atoms with E-state index in [1.54, 1.807) is 10.9 Å². The molecule has 0 fully saturated rings. The largest absolute Gasteiger partial charge is 0.369 e. The van der Waals surface area contributed by atoms with Gasteiger partial charge in [-0.05, 0) is 0 Å². The minimum Gasteiger partial charge on any atom is -0.369 e. The Balaban J connectivity index is 2.51. The molecule has 0 spiro atoms. The molecule has 0 aliphatic heterocycles. The van der Waals surface area contributed by atoms with Crippen LogP contribution in [-0.4, -0.2) is 26.4 Å². The van der Waals surface area contributed by atoms with Gasteiger partial charge in [0.05, 0.1) is 5.75 Å². The molecule has 0 aliphatic carbocycles. The second-order valence-corrected chi connectivity index (χ2v) is 2.92. The average molecular weight is 172 g/mol. The van der Waals surface area contributed by atoms with E-state index in [9.17, 15) is 4.79 Å². The van der Waals surface area contributed by atoms with E-state index >= 15 is 0 Å². The molecule has 0 bridgehead atoms. The summed E-state index contributed by atoms with van der Waals surface area (Å²) >= 11 is 1.28. The van der Waals surface area contributed by atoms with E-state index in [1.165, 1.54) is 11.8 Å². The third-order valence-electron chi connectivity index (χ3n) is 1.01. The molecule has 0 unspecified atom stereocenters. The van der Waals surface area contributed by atoms with E-state index in [4.69, 9.17) is 5.73 Å². The molecule has 1 amide bonds. The maximum absolute atomic E-state index is 10.3. The smallest absolute Gasteiger partial charge is 0.227 e. The maximum atomic E-state index is 10.3. The first-order valence-electron chi connectivity index (χ1n) is 2.95. The molecule has 0 radical (unpaired) electrons. The predicted octanol–water partition coefficient (Wildman–Crippen LogP) is -0.608. The number of nitrogens with two attached hydrogens (primary N) is 1. The van der Waals surface area contributed by atoms with Crippen LogP contribution in [0.5, 0.6) is 0 Å². The Morgan fingerprint density at radius 2 is 2.64 bits per heavy atom. The van der Waals surface area contributed by atoms with Crippen LogP contribution < -0.4 is 5.73 Å². The molecule has 11 heavy (non-hydrogen) atoms. The first-order valence-corrected chi connectivity index (χ1v) is 3.94.